The normalized spacial score (nSPS) is 15.2. The van der Waals surface area contributed by atoms with Gasteiger partial charge in [-0.3, -0.25) is 14.4 Å². The van der Waals surface area contributed by atoms with Crippen molar-refractivity contribution in [1.29, 1.82) is 0 Å². The molecule has 0 spiro atoms. The molecule has 0 aromatic heterocycles. The predicted octanol–water partition coefficient (Wildman–Crippen LogP) is 6.79. The van der Waals surface area contributed by atoms with Gasteiger partial charge in [0.15, 0.2) is 23.1 Å². The third-order valence-electron chi connectivity index (χ3n) is 7.13. The molecule has 0 atom stereocenters. The first-order chi connectivity index (χ1) is 20.9. The first-order valence-electron chi connectivity index (χ1n) is 13.8. The second kappa shape index (κ2) is 13.4. The van der Waals surface area contributed by atoms with Crippen LogP contribution in [0, 0.1) is 0 Å². The van der Waals surface area contributed by atoms with Crippen LogP contribution in [0.15, 0.2) is 120 Å². The fourth-order valence-corrected chi connectivity index (χ4v) is 4.86. The van der Waals surface area contributed by atoms with Crippen molar-refractivity contribution in [3.05, 3.63) is 148 Å². The van der Waals surface area contributed by atoms with E-state index in [2.05, 4.69) is 0 Å². The minimum absolute atomic E-state index is 0.0589. The molecule has 214 valence electrons. The monoisotopic (exact) mass is 569 g/mol. The van der Waals surface area contributed by atoms with E-state index in [9.17, 15) is 14.4 Å². The van der Waals surface area contributed by atoms with Crippen molar-refractivity contribution in [3.63, 3.8) is 0 Å². The second-order valence-electron chi connectivity index (χ2n) is 10.0. The minimum Gasteiger partial charge on any atom is -0.493 e. The fraction of sp³-hybridized carbons (Fsp3) is 0.108. The molecule has 0 aliphatic carbocycles. The third-order valence-corrected chi connectivity index (χ3v) is 7.13. The Balaban J connectivity index is 1.35. The van der Waals surface area contributed by atoms with Crippen LogP contribution in [0.2, 0.25) is 0 Å². The zero-order valence-electron chi connectivity index (χ0n) is 24.0. The number of hydrogen-bond acceptors (Lipinski definition) is 5. The Morgan fingerprint density at radius 3 is 1.72 bits per heavy atom. The number of benzene rings is 4. The van der Waals surface area contributed by atoms with Crippen LogP contribution in [-0.2, 0) is 4.79 Å². The van der Waals surface area contributed by atoms with E-state index in [1.807, 2.05) is 72.8 Å². The fourth-order valence-electron chi connectivity index (χ4n) is 4.86. The lowest BCUT2D eigenvalue weighted by atomic mass is 9.93. The smallest absolute Gasteiger partial charge is 0.254 e. The summed E-state index contributed by atoms with van der Waals surface area (Å²) in [6.07, 6.45) is 6.89. The lowest BCUT2D eigenvalue weighted by Crippen LogP contribution is -2.41. The van der Waals surface area contributed by atoms with Gasteiger partial charge in [-0.2, -0.15) is 0 Å². The summed E-state index contributed by atoms with van der Waals surface area (Å²) in [6, 6.07) is 31.3. The zero-order chi connectivity index (χ0) is 30.2. The van der Waals surface area contributed by atoms with E-state index < -0.39 is 0 Å². The molecule has 1 aliphatic rings. The van der Waals surface area contributed by atoms with Crippen LogP contribution < -0.4 is 9.47 Å². The number of methoxy groups -OCH3 is 2. The highest BCUT2D eigenvalue weighted by Gasteiger charge is 2.29. The minimum atomic E-state index is -0.186. The maximum atomic E-state index is 13.6. The summed E-state index contributed by atoms with van der Waals surface area (Å²) in [7, 11) is 3.06. The van der Waals surface area contributed by atoms with Gasteiger partial charge in [0.2, 0.25) is 0 Å². The van der Waals surface area contributed by atoms with Crippen molar-refractivity contribution in [2.24, 2.45) is 0 Å². The molecule has 1 heterocycles. The molecule has 6 heteroatoms. The van der Waals surface area contributed by atoms with Gasteiger partial charge < -0.3 is 14.4 Å². The zero-order valence-corrected chi connectivity index (χ0v) is 24.0. The van der Waals surface area contributed by atoms with Crippen molar-refractivity contribution < 1.29 is 23.9 Å². The van der Waals surface area contributed by atoms with Crippen LogP contribution in [0.3, 0.4) is 0 Å². The molecular formula is C37H31NO5. The summed E-state index contributed by atoms with van der Waals surface area (Å²) in [5.74, 6) is 0.604. The molecule has 1 amide bonds. The highest BCUT2D eigenvalue weighted by molar-refractivity contribution is 6.16. The first kappa shape index (κ1) is 29.0. The van der Waals surface area contributed by atoms with Crippen molar-refractivity contribution in [3.8, 4) is 11.5 Å². The van der Waals surface area contributed by atoms with E-state index >= 15 is 0 Å². The quantitative estimate of drug-likeness (QED) is 0.173. The highest BCUT2D eigenvalue weighted by atomic mass is 16.5. The summed E-state index contributed by atoms with van der Waals surface area (Å²) in [4.78, 5) is 41.5. The van der Waals surface area contributed by atoms with Crippen LogP contribution in [0.4, 0.5) is 0 Å². The largest absolute Gasteiger partial charge is 0.493 e. The molecule has 6 nitrogen and oxygen atoms in total. The Morgan fingerprint density at radius 1 is 0.651 bits per heavy atom. The van der Waals surface area contributed by atoms with Crippen molar-refractivity contribution in [1.82, 2.24) is 4.90 Å². The van der Waals surface area contributed by atoms with Crippen molar-refractivity contribution in [2.75, 3.05) is 27.3 Å². The van der Waals surface area contributed by atoms with Crippen molar-refractivity contribution >= 4 is 35.7 Å². The molecule has 43 heavy (non-hydrogen) atoms. The molecule has 1 aliphatic heterocycles. The number of nitrogens with zero attached hydrogens (tertiary/aromatic N) is 1. The number of ketones is 2. The SMILES string of the molecule is COc1ccc(C(=O)/C=C/c2ccc(C(=O)N3C/C(=C/c4ccccc4)C(=O)/C(=C\c4ccccc4)C3)cc2)cc1OC. The molecular weight excluding hydrogens is 538 g/mol. The average molecular weight is 570 g/mol. The molecule has 0 saturated carbocycles. The van der Waals surface area contributed by atoms with Gasteiger partial charge in [0.05, 0.1) is 27.3 Å². The third kappa shape index (κ3) is 7.05. The predicted molar refractivity (Wildman–Crippen MR) is 169 cm³/mol. The maximum absolute atomic E-state index is 13.6. The number of carbonyl (C=O) groups excluding carboxylic acids is 3. The van der Waals surface area contributed by atoms with Crippen molar-refractivity contribution in [2.45, 2.75) is 0 Å². The van der Waals surface area contributed by atoms with Gasteiger partial charge in [0.1, 0.15) is 0 Å². The number of carbonyl (C=O) groups is 3. The number of likely N-dealkylation sites (tertiary alicyclic amines) is 1. The van der Waals surface area contributed by atoms with Crippen LogP contribution in [-0.4, -0.2) is 49.7 Å². The Labute approximate surface area is 251 Å². The number of rotatable bonds is 8. The van der Waals surface area contributed by atoms with Gasteiger partial charge in [-0.1, -0.05) is 78.9 Å². The lowest BCUT2D eigenvalue weighted by molar-refractivity contribution is -0.113. The molecule has 0 N–H and O–H groups in total. The average Bonchev–Trinajstić information content (AvgIpc) is 3.06. The molecule has 0 radical (unpaired) electrons. The number of hydrogen-bond donors (Lipinski definition) is 0. The van der Waals surface area contributed by atoms with E-state index in [0.717, 1.165) is 16.7 Å². The van der Waals surface area contributed by atoms with Gasteiger partial charge in [-0.05, 0) is 65.3 Å². The summed E-state index contributed by atoms with van der Waals surface area (Å²) in [5.41, 5.74) is 4.65. The van der Waals surface area contributed by atoms with E-state index in [-0.39, 0.29) is 30.6 Å². The number of piperidine rings is 1. The van der Waals surface area contributed by atoms with E-state index in [1.165, 1.54) is 13.2 Å². The van der Waals surface area contributed by atoms with Gasteiger partial charge in [-0.15, -0.1) is 0 Å². The van der Waals surface area contributed by atoms with Gasteiger partial charge >= 0.3 is 0 Å². The van der Waals surface area contributed by atoms with Crippen LogP contribution in [0.1, 0.15) is 37.4 Å². The summed E-state index contributed by atoms with van der Waals surface area (Å²) >= 11 is 0. The summed E-state index contributed by atoms with van der Waals surface area (Å²) in [5, 5.41) is 0. The van der Waals surface area contributed by atoms with E-state index in [1.54, 1.807) is 60.6 Å². The standard InChI is InChI=1S/C37H31NO5/c1-42-34-20-18-30(23-35(34)43-2)33(39)19-15-26-13-16-29(17-14-26)37(41)38-24-31(21-27-9-5-3-6-10-27)36(40)32(25-38)22-28-11-7-4-8-12-28/h3-23H,24-25H2,1-2H3/b19-15+,31-21-,32-22-. The second-order valence-corrected chi connectivity index (χ2v) is 10.0. The molecule has 4 aromatic carbocycles. The maximum Gasteiger partial charge on any atom is 0.254 e. The first-order valence-corrected chi connectivity index (χ1v) is 13.8. The Kier molecular flexibility index (Phi) is 9.08. The Hall–Kier alpha value is -5.49. The summed E-state index contributed by atoms with van der Waals surface area (Å²) < 4.78 is 10.5. The topological polar surface area (TPSA) is 72.9 Å². The highest BCUT2D eigenvalue weighted by Crippen LogP contribution is 2.28. The van der Waals surface area contributed by atoms with Crippen LogP contribution >= 0.6 is 0 Å². The van der Waals surface area contributed by atoms with Gasteiger partial charge in [0.25, 0.3) is 5.91 Å². The number of ether oxygens (including phenoxy) is 2. The van der Waals surface area contributed by atoms with Gasteiger partial charge in [0, 0.05) is 22.3 Å². The molecule has 1 saturated heterocycles. The van der Waals surface area contributed by atoms with Gasteiger partial charge in [-0.25, -0.2) is 0 Å². The number of amides is 1. The molecule has 5 rings (SSSR count). The summed E-state index contributed by atoms with van der Waals surface area (Å²) in [6.45, 7) is 0.417. The van der Waals surface area contributed by atoms with E-state index in [4.69, 9.17) is 9.47 Å². The molecule has 1 fully saturated rings. The number of allylic oxidation sites excluding steroid dienone is 1. The number of Topliss-reactive ketones (excluding diaryl/α,β-unsaturated/α-hetero) is 1. The molecule has 0 unspecified atom stereocenters. The van der Waals surface area contributed by atoms with Crippen LogP contribution in [0.25, 0.3) is 18.2 Å². The van der Waals surface area contributed by atoms with E-state index in [0.29, 0.717) is 33.8 Å². The molecule has 0 bridgehead atoms. The Morgan fingerprint density at radius 2 is 1.19 bits per heavy atom. The van der Waals surface area contributed by atoms with Crippen LogP contribution in [0.5, 0.6) is 11.5 Å². The Bertz CT molecular complexity index is 1660. The lowest BCUT2D eigenvalue weighted by Gasteiger charge is -2.30. The molecule has 4 aromatic rings.